The van der Waals surface area contributed by atoms with Crippen molar-refractivity contribution >= 4 is 121 Å². The number of imide groups is 2. The third kappa shape index (κ3) is 7.85. The van der Waals surface area contributed by atoms with E-state index in [0.717, 1.165) is 131 Å². The number of para-hydroxylation sites is 2. The predicted molar refractivity (Wildman–Crippen MR) is 364 cm³/mol. The van der Waals surface area contributed by atoms with Crippen LogP contribution in [0.3, 0.4) is 0 Å². The molecule has 0 aliphatic carbocycles. The van der Waals surface area contributed by atoms with Crippen LogP contribution in [-0.4, -0.2) is 30.4 Å². The quantitative estimate of drug-likeness (QED) is 0.0524. The summed E-state index contributed by atoms with van der Waals surface area (Å²) in [5.74, 6) is 0.653. The summed E-state index contributed by atoms with van der Waals surface area (Å²) < 4.78 is 12.4. The molecule has 0 saturated carbocycles. The molecule has 0 unspecified atom stereocenters. The summed E-state index contributed by atoms with van der Waals surface area (Å²) >= 11 is 0. The molecular formula is C81H62N2O6. The minimum absolute atomic E-state index is 0.0162. The Morgan fingerprint density at radius 1 is 0.270 bits per heavy atom. The summed E-state index contributed by atoms with van der Waals surface area (Å²) in [5, 5.41) is 16.1. The van der Waals surface area contributed by atoms with Gasteiger partial charge in [-0.3, -0.25) is 19.2 Å². The van der Waals surface area contributed by atoms with Crippen LogP contribution in [0.25, 0.3) is 108 Å². The van der Waals surface area contributed by atoms with Crippen molar-refractivity contribution in [3.05, 3.63) is 239 Å². The van der Waals surface area contributed by atoms with E-state index in [1.165, 1.54) is 9.80 Å². The number of ether oxygens (including phenoxy) is 2. The summed E-state index contributed by atoms with van der Waals surface area (Å²) in [6, 6.07) is 66.0. The first-order valence-corrected chi connectivity index (χ1v) is 31.0. The maximum Gasteiger partial charge on any atom is 0.266 e. The molecule has 2 aliphatic rings. The summed E-state index contributed by atoms with van der Waals surface area (Å²) in [5.41, 5.74) is 11.8. The zero-order chi connectivity index (χ0) is 61.0. The molecule has 0 radical (unpaired) electrons. The molecule has 0 fully saturated rings. The van der Waals surface area contributed by atoms with Gasteiger partial charge in [0.2, 0.25) is 6.79 Å². The van der Waals surface area contributed by atoms with E-state index < -0.39 is 0 Å². The van der Waals surface area contributed by atoms with E-state index >= 15 is 0 Å². The Morgan fingerprint density at radius 3 is 0.831 bits per heavy atom. The van der Waals surface area contributed by atoms with E-state index in [0.29, 0.717) is 45.1 Å². The molecule has 2 aliphatic heterocycles. The summed E-state index contributed by atoms with van der Waals surface area (Å²) in [6.07, 6.45) is 0. The van der Waals surface area contributed by atoms with Crippen LogP contribution in [0.15, 0.2) is 194 Å². The second kappa shape index (κ2) is 20.1. The third-order valence-corrected chi connectivity index (χ3v) is 19.2. The lowest BCUT2D eigenvalue weighted by Crippen LogP contribution is -2.41. The molecule has 0 bridgehead atoms. The number of carbonyl (C=O) groups is 4. The topological polar surface area (TPSA) is 93.2 Å². The molecule has 14 aromatic carbocycles. The van der Waals surface area contributed by atoms with Crippen LogP contribution in [-0.2, 0) is 0 Å². The largest absolute Gasteiger partial charge is 0.458 e. The van der Waals surface area contributed by atoms with Crippen molar-refractivity contribution in [2.45, 2.75) is 79.1 Å². The highest BCUT2D eigenvalue weighted by Gasteiger charge is 2.40. The number of hydrogen-bond donors (Lipinski definition) is 0. The first-order valence-electron chi connectivity index (χ1n) is 31.0. The van der Waals surface area contributed by atoms with Crippen molar-refractivity contribution in [2.75, 3.05) is 16.6 Å². The minimum Gasteiger partial charge on any atom is -0.458 e. The van der Waals surface area contributed by atoms with E-state index in [9.17, 15) is 19.2 Å². The fourth-order valence-electron chi connectivity index (χ4n) is 15.1. The fourth-order valence-corrected chi connectivity index (χ4v) is 15.1. The van der Waals surface area contributed by atoms with Crippen molar-refractivity contribution in [3.8, 4) is 33.8 Å². The predicted octanol–water partition coefficient (Wildman–Crippen LogP) is 20.6. The Bertz CT molecular complexity index is 4860. The van der Waals surface area contributed by atoms with Crippen molar-refractivity contribution in [1.82, 2.24) is 0 Å². The van der Waals surface area contributed by atoms with Gasteiger partial charge in [-0.1, -0.05) is 201 Å². The lowest BCUT2D eigenvalue weighted by atomic mass is 9.83. The van der Waals surface area contributed by atoms with Gasteiger partial charge in [0.05, 0.1) is 11.4 Å². The second-order valence-electron chi connectivity index (χ2n) is 25.5. The Hall–Kier alpha value is -10.4. The monoisotopic (exact) mass is 1160 g/mol. The Kier molecular flexibility index (Phi) is 12.2. The second-order valence-corrected chi connectivity index (χ2v) is 25.5. The molecule has 0 aromatic heterocycles. The highest BCUT2D eigenvalue weighted by molar-refractivity contribution is 6.44. The van der Waals surface area contributed by atoms with E-state index in [1.54, 1.807) is 0 Å². The molecule has 0 N–H and O–H groups in total. The summed E-state index contributed by atoms with van der Waals surface area (Å²) in [6.45, 7) is 16.9. The molecule has 0 atom stereocenters. The molecular weight excluding hydrogens is 1100 g/mol. The van der Waals surface area contributed by atoms with E-state index in [2.05, 4.69) is 165 Å². The number of hydrogen-bond acceptors (Lipinski definition) is 6. The van der Waals surface area contributed by atoms with E-state index in [4.69, 9.17) is 9.47 Å². The number of anilines is 2. The van der Waals surface area contributed by atoms with Gasteiger partial charge in [0.1, 0.15) is 11.5 Å². The molecule has 2 heterocycles. The van der Waals surface area contributed by atoms with Crippen molar-refractivity contribution < 1.29 is 28.7 Å². The van der Waals surface area contributed by atoms with Crippen LogP contribution in [0.1, 0.15) is 143 Å². The molecule has 89 heavy (non-hydrogen) atoms. The van der Waals surface area contributed by atoms with Gasteiger partial charge >= 0.3 is 0 Å². The smallest absolute Gasteiger partial charge is 0.266 e. The molecule has 0 saturated heterocycles. The number of fused-ring (bicyclic) bond motifs is 4. The van der Waals surface area contributed by atoms with Gasteiger partial charge in [-0.05, 0) is 192 Å². The summed E-state index contributed by atoms with van der Waals surface area (Å²) in [7, 11) is 0. The van der Waals surface area contributed by atoms with Crippen molar-refractivity contribution in [1.29, 1.82) is 0 Å². The first-order chi connectivity index (χ1) is 43.2. The van der Waals surface area contributed by atoms with E-state index in [1.807, 2.05) is 84.9 Å². The van der Waals surface area contributed by atoms with Crippen LogP contribution >= 0.6 is 0 Å². The van der Waals surface area contributed by atoms with Gasteiger partial charge in [-0.25, -0.2) is 9.80 Å². The molecule has 4 amide bonds. The van der Waals surface area contributed by atoms with Crippen molar-refractivity contribution in [2.24, 2.45) is 0 Å². The molecule has 16 rings (SSSR count). The molecule has 0 spiro atoms. The lowest BCUT2D eigenvalue weighted by Gasteiger charge is -2.32. The number of carbonyl (C=O) groups excluding carboxylic acids is 4. The number of rotatable bonds is 12. The maximum atomic E-state index is 14.8. The standard InChI is InChI=1S/C81H62N2O6/c1-42(2)50-13-9-14-51(43(3)4)76(50)82-78(84)66-37-33-62-58-19-11-17-56-54(29-31-60(70(56)58)64-35-39-68(80(82)86)74(66)72(62)64)46-21-25-48(26-22-46)88-41-89-49-27-23-47(24-28-49)55-30-32-61-65-36-40-69-75-67(38-34-63(73(65)75)59-20-12-18-57(55)71(59)61)79(85)83(81(69)87)77-52(44(5)6)15-10-16-53(77)45(7)8/h9-40,42-45H,41H2,1-8H3. The molecule has 14 aromatic rings. The molecule has 432 valence electrons. The number of benzene rings is 14. The Morgan fingerprint density at radius 2 is 0.528 bits per heavy atom. The number of nitrogens with zero attached hydrogens (tertiary/aromatic N) is 2. The highest BCUT2D eigenvalue weighted by atomic mass is 16.7. The van der Waals surface area contributed by atoms with Crippen LogP contribution < -0.4 is 19.3 Å². The van der Waals surface area contributed by atoms with Crippen LogP contribution in [0.5, 0.6) is 11.5 Å². The zero-order valence-electron chi connectivity index (χ0n) is 50.8. The van der Waals surface area contributed by atoms with Crippen LogP contribution in [0.2, 0.25) is 0 Å². The van der Waals surface area contributed by atoms with Crippen LogP contribution in [0, 0.1) is 0 Å². The van der Waals surface area contributed by atoms with Gasteiger partial charge in [-0.15, -0.1) is 0 Å². The summed E-state index contributed by atoms with van der Waals surface area (Å²) in [4.78, 5) is 62.1. The number of amides is 4. The fraction of sp³-hybridized carbons (Fsp3) is 0.160. The average molecular weight is 1160 g/mol. The zero-order valence-corrected chi connectivity index (χ0v) is 50.8. The SMILES string of the molecule is CC(C)c1cccc(C(C)C)c1N1C(=O)c2ccc3c4cccc5c(-c6ccc(OCOc7ccc(-c8ccc9c%10ccc%11c%12c(ccc(c%13cccc8c%139)c%12%10)C(=O)N(c8c(C(C)C)cccc8C(C)C)C%11=O)cc7)cc6)ccc(c6ccc(c2c36)C1=O)c54. The first kappa shape index (κ1) is 54.0. The normalized spacial score (nSPS) is 13.7. The van der Waals surface area contributed by atoms with Crippen molar-refractivity contribution in [3.63, 3.8) is 0 Å². The van der Waals surface area contributed by atoms with Gasteiger partial charge in [0.25, 0.3) is 23.6 Å². The average Bonchev–Trinajstić information content (AvgIpc) is 0.735. The van der Waals surface area contributed by atoms with Crippen LogP contribution in [0.4, 0.5) is 11.4 Å². The Balaban J connectivity index is 0.653. The Labute approximate surface area is 515 Å². The van der Waals surface area contributed by atoms with E-state index in [-0.39, 0.29) is 54.1 Å². The van der Waals surface area contributed by atoms with Gasteiger partial charge in [0.15, 0.2) is 0 Å². The molecule has 8 heteroatoms. The maximum absolute atomic E-state index is 14.8. The molecule has 8 nitrogen and oxygen atoms in total. The lowest BCUT2D eigenvalue weighted by molar-refractivity contribution is 0.0877. The van der Waals surface area contributed by atoms with Gasteiger partial charge in [0, 0.05) is 33.0 Å². The van der Waals surface area contributed by atoms with Gasteiger partial charge < -0.3 is 9.47 Å². The highest BCUT2D eigenvalue weighted by Crippen LogP contribution is 2.50. The van der Waals surface area contributed by atoms with Gasteiger partial charge in [-0.2, -0.15) is 0 Å². The third-order valence-electron chi connectivity index (χ3n) is 19.2. The minimum atomic E-state index is -0.287.